The van der Waals surface area contributed by atoms with E-state index in [1.54, 1.807) is 18.2 Å². The van der Waals surface area contributed by atoms with Crippen LogP contribution in [0.3, 0.4) is 0 Å². The van der Waals surface area contributed by atoms with Gasteiger partial charge < -0.3 is 15.8 Å². The van der Waals surface area contributed by atoms with Gasteiger partial charge in [-0.2, -0.15) is 0 Å². The topological polar surface area (TPSA) is 64.3 Å². The van der Waals surface area contributed by atoms with Crippen molar-refractivity contribution >= 4 is 17.5 Å². The summed E-state index contributed by atoms with van der Waals surface area (Å²) in [6.07, 6.45) is 0.0458. The summed E-state index contributed by atoms with van der Waals surface area (Å²) in [7, 11) is 0. The SMILES string of the molecule is CC(C)Oc1ccc(C(=O)NCCN)cc1Cl.Cc1ccc(-c2ccccc2)cc1. The molecule has 158 valence electrons. The van der Waals surface area contributed by atoms with Gasteiger partial charge in [0.15, 0.2) is 0 Å². The number of halogens is 1. The molecule has 30 heavy (non-hydrogen) atoms. The molecule has 0 atom stereocenters. The highest BCUT2D eigenvalue weighted by Crippen LogP contribution is 2.26. The molecule has 0 aliphatic heterocycles. The quantitative estimate of drug-likeness (QED) is 0.550. The Hall–Kier alpha value is -2.82. The third-order valence-electron chi connectivity index (χ3n) is 4.15. The van der Waals surface area contributed by atoms with Crippen LogP contribution in [0.4, 0.5) is 0 Å². The fourth-order valence-electron chi connectivity index (χ4n) is 2.66. The zero-order valence-corrected chi connectivity index (χ0v) is 18.4. The lowest BCUT2D eigenvalue weighted by Gasteiger charge is -2.12. The highest BCUT2D eigenvalue weighted by Gasteiger charge is 2.09. The van der Waals surface area contributed by atoms with Crippen LogP contribution in [-0.4, -0.2) is 25.1 Å². The first-order valence-corrected chi connectivity index (χ1v) is 10.3. The summed E-state index contributed by atoms with van der Waals surface area (Å²) in [6.45, 7) is 6.79. The van der Waals surface area contributed by atoms with Crippen LogP contribution in [0.25, 0.3) is 11.1 Å². The number of hydrogen-bond donors (Lipinski definition) is 2. The van der Waals surface area contributed by atoms with Crippen LogP contribution in [0.5, 0.6) is 5.75 Å². The number of benzene rings is 3. The molecule has 0 heterocycles. The maximum atomic E-state index is 11.6. The number of aryl methyl sites for hydroxylation is 1. The van der Waals surface area contributed by atoms with Crippen molar-refractivity contribution < 1.29 is 9.53 Å². The molecule has 4 nitrogen and oxygen atoms in total. The Morgan fingerprint density at radius 1 is 1.00 bits per heavy atom. The van der Waals surface area contributed by atoms with E-state index in [1.807, 2.05) is 19.9 Å². The standard InChI is InChI=1S/C13H12.C12H17ClN2O2/c1-11-7-9-13(10-8-11)12-5-3-2-4-6-12;1-8(2)17-11-4-3-9(7-10(11)13)12(16)15-6-5-14/h2-10H,1H3;3-4,7-8H,5-6,14H2,1-2H3,(H,15,16). The van der Waals surface area contributed by atoms with Gasteiger partial charge in [0.05, 0.1) is 11.1 Å². The molecule has 1 amide bonds. The van der Waals surface area contributed by atoms with E-state index in [4.69, 9.17) is 22.1 Å². The van der Waals surface area contributed by atoms with Crippen LogP contribution in [0.1, 0.15) is 29.8 Å². The third kappa shape index (κ3) is 7.54. The Balaban J connectivity index is 0.000000220. The maximum Gasteiger partial charge on any atom is 0.251 e. The summed E-state index contributed by atoms with van der Waals surface area (Å²) in [5, 5.41) is 3.10. The number of ether oxygens (including phenoxy) is 1. The monoisotopic (exact) mass is 424 g/mol. The molecule has 3 aromatic carbocycles. The first-order chi connectivity index (χ1) is 14.4. The minimum absolute atomic E-state index is 0.0458. The predicted octanol–water partition coefficient (Wildman–Crippen LogP) is 5.48. The molecule has 0 unspecified atom stereocenters. The first kappa shape index (κ1) is 23.5. The Bertz CT molecular complexity index is 926. The second-order valence-electron chi connectivity index (χ2n) is 7.09. The molecule has 0 aromatic heterocycles. The van der Waals surface area contributed by atoms with E-state index >= 15 is 0 Å². The van der Waals surface area contributed by atoms with E-state index in [9.17, 15) is 4.79 Å². The lowest BCUT2D eigenvalue weighted by atomic mass is 10.0. The number of rotatable bonds is 6. The molecule has 0 aliphatic rings. The van der Waals surface area contributed by atoms with Gasteiger partial charge in [0.2, 0.25) is 0 Å². The molecular formula is C25H29ClN2O2. The Morgan fingerprint density at radius 2 is 1.63 bits per heavy atom. The van der Waals surface area contributed by atoms with E-state index in [0.717, 1.165) is 0 Å². The third-order valence-corrected chi connectivity index (χ3v) is 4.44. The van der Waals surface area contributed by atoms with E-state index in [-0.39, 0.29) is 12.0 Å². The molecule has 3 aromatic rings. The summed E-state index contributed by atoms with van der Waals surface area (Å²) in [4.78, 5) is 11.6. The molecule has 0 spiro atoms. The molecule has 3 N–H and O–H groups in total. The lowest BCUT2D eigenvalue weighted by Crippen LogP contribution is -2.28. The predicted molar refractivity (Wildman–Crippen MR) is 125 cm³/mol. The molecule has 3 rings (SSSR count). The Kier molecular flexibility index (Phi) is 9.39. The minimum atomic E-state index is -0.187. The number of nitrogens with two attached hydrogens (primary N) is 1. The Morgan fingerprint density at radius 3 is 2.20 bits per heavy atom. The van der Waals surface area contributed by atoms with Gasteiger partial charge in [-0.05, 0) is 50.1 Å². The van der Waals surface area contributed by atoms with Crippen molar-refractivity contribution in [2.75, 3.05) is 13.1 Å². The summed E-state index contributed by atoms with van der Waals surface area (Å²) >= 11 is 6.02. The molecular weight excluding hydrogens is 396 g/mol. The summed E-state index contributed by atoms with van der Waals surface area (Å²) in [5.41, 5.74) is 9.67. The first-order valence-electron chi connectivity index (χ1n) is 9.97. The molecule has 5 heteroatoms. The van der Waals surface area contributed by atoms with E-state index in [1.165, 1.54) is 16.7 Å². The van der Waals surface area contributed by atoms with Gasteiger partial charge in [-0.3, -0.25) is 4.79 Å². The van der Waals surface area contributed by atoms with Crippen LogP contribution < -0.4 is 15.8 Å². The molecule has 0 fully saturated rings. The molecule has 0 radical (unpaired) electrons. The Labute approximate surface area is 184 Å². The van der Waals surface area contributed by atoms with Gasteiger partial charge in [0, 0.05) is 18.7 Å². The van der Waals surface area contributed by atoms with Crippen LogP contribution in [0.2, 0.25) is 5.02 Å². The van der Waals surface area contributed by atoms with Gasteiger partial charge >= 0.3 is 0 Å². The van der Waals surface area contributed by atoms with Gasteiger partial charge in [0.1, 0.15) is 5.75 Å². The van der Waals surface area contributed by atoms with Crippen molar-refractivity contribution in [3.63, 3.8) is 0 Å². The van der Waals surface area contributed by atoms with Crippen molar-refractivity contribution in [1.82, 2.24) is 5.32 Å². The number of nitrogens with one attached hydrogen (secondary N) is 1. The lowest BCUT2D eigenvalue weighted by molar-refractivity contribution is 0.0954. The normalized spacial score (nSPS) is 10.2. The zero-order valence-electron chi connectivity index (χ0n) is 17.7. The summed E-state index contributed by atoms with van der Waals surface area (Å²) in [5.74, 6) is 0.394. The largest absolute Gasteiger partial charge is 0.489 e. The number of carbonyl (C=O) groups excluding carboxylic acids is 1. The van der Waals surface area contributed by atoms with Crippen molar-refractivity contribution in [2.24, 2.45) is 5.73 Å². The van der Waals surface area contributed by atoms with Crippen molar-refractivity contribution in [3.05, 3.63) is 88.9 Å². The van der Waals surface area contributed by atoms with Crippen molar-refractivity contribution in [1.29, 1.82) is 0 Å². The number of carbonyl (C=O) groups is 1. The molecule has 0 bridgehead atoms. The van der Waals surface area contributed by atoms with Crippen LogP contribution in [-0.2, 0) is 0 Å². The highest BCUT2D eigenvalue weighted by atomic mass is 35.5. The van der Waals surface area contributed by atoms with Crippen LogP contribution in [0, 0.1) is 6.92 Å². The van der Waals surface area contributed by atoms with E-state index in [2.05, 4.69) is 60.8 Å². The van der Waals surface area contributed by atoms with Gasteiger partial charge in [0.25, 0.3) is 5.91 Å². The van der Waals surface area contributed by atoms with Gasteiger partial charge in [-0.25, -0.2) is 0 Å². The fourth-order valence-corrected chi connectivity index (χ4v) is 2.88. The molecule has 0 saturated carbocycles. The molecule has 0 aliphatic carbocycles. The number of hydrogen-bond acceptors (Lipinski definition) is 3. The van der Waals surface area contributed by atoms with Crippen LogP contribution >= 0.6 is 11.6 Å². The smallest absolute Gasteiger partial charge is 0.251 e. The van der Waals surface area contributed by atoms with Crippen molar-refractivity contribution in [3.8, 4) is 16.9 Å². The van der Waals surface area contributed by atoms with Crippen molar-refractivity contribution in [2.45, 2.75) is 26.9 Å². The zero-order chi connectivity index (χ0) is 21.9. The fraction of sp³-hybridized carbons (Fsp3) is 0.240. The average molecular weight is 425 g/mol. The average Bonchev–Trinajstić information content (AvgIpc) is 2.75. The number of amides is 1. The second-order valence-corrected chi connectivity index (χ2v) is 7.50. The maximum absolute atomic E-state index is 11.6. The molecule has 0 saturated heterocycles. The summed E-state index contributed by atoms with van der Waals surface area (Å²) in [6, 6.07) is 24.0. The second kappa shape index (κ2) is 12.0. The van der Waals surface area contributed by atoms with Gasteiger partial charge in [-0.1, -0.05) is 71.8 Å². The minimum Gasteiger partial charge on any atom is -0.489 e. The van der Waals surface area contributed by atoms with Gasteiger partial charge in [-0.15, -0.1) is 0 Å². The van der Waals surface area contributed by atoms with Crippen LogP contribution in [0.15, 0.2) is 72.8 Å². The van der Waals surface area contributed by atoms with E-state index < -0.39 is 0 Å². The summed E-state index contributed by atoms with van der Waals surface area (Å²) < 4.78 is 5.48. The highest BCUT2D eigenvalue weighted by molar-refractivity contribution is 6.32. The van der Waals surface area contributed by atoms with E-state index in [0.29, 0.717) is 29.4 Å².